The maximum atomic E-state index is 13.8. The molecule has 2 heterocycles. The highest BCUT2D eigenvalue weighted by atomic mass is 16.7. The van der Waals surface area contributed by atoms with Gasteiger partial charge in [-0.05, 0) is 35.4 Å². The molecule has 0 radical (unpaired) electrons. The number of carbonyl (C=O) groups is 1. The Morgan fingerprint density at radius 2 is 1.24 bits per heavy atom. The van der Waals surface area contributed by atoms with E-state index in [4.69, 9.17) is 9.47 Å². The average Bonchev–Trinajstić information content (AvgIpc) is 3.58. The summed E-state index contributed by atoms with van der Waals surface area (Å²) >= 11 is 0. The second kappa shape index (κ2) is 12.4. The van der Waals surface area contributed by atoms with Crippen molar-refractivity contribution in [2.75, 3.05) is 44.4 Å². The molecular weight excluding hydrogens is 510 g/mol. The summed E-state index contributed by atoms with van der Waals surface area (Å²) in [6.07, 6.45) is 2.53. The number of ether oxygens (including phenoxy) is 2. The molecular formula is C35H35N3O3. The largest absolute Gasteiger partial charge is 0.462 e. The van der Waals surface area contributed by atoms with Gasteiger partial charge in [0, 0.05) is 44.0 Å². The molecule has 6 nitrogen and oxygen atoms in total. The van der Waals surface area contributed by atoms with Crippen LogP contribution in [-0.2, 0) is 26.2 Å². The van der Waals surface area contributed by atoms with Gasteiger partial charge in [-0.25, -0.2) is 0 Å². The van der Waals surface area contributed by atoms with Gasteiger partial charge in [0.25, 0.3) is 0 Å². The number of nitrogens with zero attached hydrogens (tertiary/aromatic N) is 3. The molecule has 1 fully saturated rings. The first-order chi connectivity index (χ1) is 20.2. The van der Waals surface area contributed by atoms with Gasteiger partial charge in [0.2, 0.25) is 12.7 Å². The molecule has 1 atom stereocenters. The summed E-state index contributed by atoms with van der Waals surface area (Å²) in [4.78, 5) is 20.4. The molecule has 1 saturated heterocycles. The van der Waals surface area contributed by atoms with E-state index in [0.717, 1.165) is 49.7 Å². The monoisotopic (exact) mass is 545 g/mol. The van der Waals surface area contributed by atoms with E-state index in [2.05, 4.69) is 58.3 Å². The molecule has 4 aromatic carbocycles. The number of para-hydroxylation sites is 2. The van der Waals surface area contributed by atoms with E-state index in [9.17, 15) is 4.79 Å². The van der Waals surface area contributed by atoms with Gasteiger partial charge in [-0.2, -0.15) is 0 Å². The summed E-state index contributed by atoms with van der Waals surface area (Å²) in [6, 6.07) is 40.9. The van der Waals surface area contributed by atoms with Crippen molar-refractivity contribution in [1.29, 1.82) is 0 Å². The van der Waals surface area contributed by atoms with Crippen LogP contribution < -0.4 is 4.90 Å². The fourth-order valence-electron chi connectivity index (χ4n) is 5.99. The van der Waals surface area contributed by atoms with Crippen molar-refractivity contribution in [3.8, 4) is 0 Å². The number of piperazine rings is 1. The highest BCUT2D eigenvalue weighted by molar-refractivity contribution is 6.01. The third-order valence-corrected chi connectivity index (χ3v) is 7.98. The van der Waals surface area contributed by atoms with Gasteiger partial charge in [0.05, 0.1) is 6.54 Å². The summed E-state index contributed by atoms with van der Waals surface area (Å²) in [5.74, 6) is 0.890. The van der Waals surface area contributed by atoms with E-state index < -0.39 is 5.54 Å². The standard InChI is InChI=1S/C35H35N3O3/c39-34(38(31-17-9-3-10-18-31)32-19-11-4-12-20-32)26-36-21-23-37(24-22-36)35(33-27-40-28-41-33,30-15-7-2-8-16-30)25-29-13-5-1-6-14-29/h1-20,27H,21-26,28H2. The Morgan fingerprint density at radius 3 is 1.78 bits per heavy atom. The number of rotatable bonds is 9. The molecule has 2 aliphatic rings. The summed E-state index contributed by atoms with van der Waals surface area (Å²) < 4.78 is 11.8. The molecule has 41 heavy (non-hydrogen) atoms. The first kappa shape index (κ1) is 26.8. The molecule has 4 aromatic rings. The fourth-order valence-corrected chi connectivity index (χ4v) is 5.99. The SMILES string of the molecule is O=C(CN1CCN(C(Cc2ccccc2)(C2=COCO2)c2ccccc2)CC1)N(c1ccccc1)c1ccccc1. The molecule has 6 rings (SSSR count). The molecule has 1 amide bonds. The zero-order valence-corrected chi connectivity index (χ0v) is 23.1. The van der Waals surface area contributed by atoms with Gasteiger partial charge in [-0.3, -0.25) is 19.5 Å². The molecule has 0 saturated carbocycles. The normalized spacial score (nSPS) is 17.1. The second-order valence-electron chi connectivity index (χ2n) is 10.5. The first-order valence-electron chi connectivity index (χ1n) is 14.2. The molecule has 208 valence electrons. The van der Waals surface area contributed by atoms with E-state index in [0.29, 0.717) is 6.54 Å². The number of anilines is 2. The van der Waals surface area contributed by atoms with Crippen LogP contribution in [0.4, 0.5) is 11.4 Å². The molecule has 0 bridgehead atoms. The predicted molar refractivity (Wildman–Crippen MR) is 161 cm³/mol. The van der Waals surface area contributed by atoms with Crippen molar-refractivity contribution in [2.45, 2.75) is 12.0 Å². The molecule has 2 aliphatic heterocycles. The van der Waals surface area contributed by atoms with Crippen molar-refractivity contribution in [1.82, 2.24) is 9.80 Å². The molecule has 0 N–H and O–H groups in total. The van der Waals surface area contributed by atoms with E-state index in [1.165, 1.54) is 11.1 Å². The lowest BCUT2D eigenvalue weighted by atomic mass is 9.80. The zero-order chi connectivity index (χ0) is 27.9. The van der Waals surface area contributed by atoms with E-state index in [1.807, 2.05) is 77.7 Å². The van der Waals surface area contributed by atoms with Crippen LogP contribution in [0.25, 0.3) is 0 Å². The van der Waals surface area contributed by atoms with Crippen LogP contribution in [0.15, 0.2) is 133 Å². The zero-order valence-electron chi connectivity index (χ0n) is 23.1. The molecule has 1 unspecified atom stereocenters. The smallest absolute Gasteiger partial charge is 0.245 e. The maximum Gasteiger partial charge on any atom is 0.245 e. The van der Waals surface area contributed by atoms with E-state index >= 15 is 0 Å². The van der Waals surface area contributed by atoms with Crippen LogP contribution in [-0.4, -0.2) is 55.2 Å². The predicted octanol–water partition coefficient (Wildman–Crippen LogP) is 5.95. The topological polar surface area (TPSA) is 45.3 Å². The summed E-state index contributed by atoms with van der Waals surface area (Å²) in [7, 11) is 0. The van der Waals surface area contributed by atoms with Crippen LogP contribution >= 0.6 is 0 Å². The van der Waals surface area contributed by atoms with Crippen molar-refractivity contribution < 1.29 is 14.3 Å². The lowest BCUT2D eigenvalue weighted by molar-refractivity contribution is -0.119. The van der Waals surface area contributed by atoms with Crippen LogP contribution in [0.1, 0.15) is 11.1 Å². The van der Waals surface area contributed by atoms with Crippen LogP contribution in [0.5, 0.6) is 0 Å². The van der Waals surface area contributed by atoms with Gasteiger partial charge in [0.1, 0.15) is 11.8 Å². The number of hydrogen-bond donors (Lipinski definition) is 0. The Bertz CT molecular complexity index is 1400. The lowest BCUT2D eigenvalue weighted by Gasteiger charge is -2.48. The summed E-state index contributed by atoms with van der Waals surface area (Å²) in [6.45, 7) is 3.67. The van der Waals surface area contributed by atoms with Gasteiger partial charge < -0.3 is 9.47 Å². The molecule has 6 heteroatoms. The fraction of sp³-hybridized carbons (Fsp3) is 0.229. The van der Waals surface area contributed by atoms with Gasteiger partial charge in [0.15, 0.2) is 5.76 Å². The van der Waals surface area contributed by atoms with Crippen LogP contribution in [0, 0.1) is 0 Å². The number of hydrogen-bond acceptors (Lipinski definition) is 5. The Balaban J connectivity index is 1.24. The Labute approximate surface area is 242 Å². The summed E-state index contributed by atoms with van der Waals surface area (Å²) in [5, 5.41) is 0. The van der Waals surface area contributed by atoms with E-state index in [-0.39, 0.29) is 12.7 Å². The third kappa shape index (κ3) is 5.75. The number of amides is 1. The van der Waals surface area contributed by atoms with E-state index in [1.54, 1.807) is 6.26 Å². The lowest BCUT2D eigenvalue weighted by Crippen LogP contribution is -2.58. The Hall–Kier alpha value is -4.39. The van der Waals surface area contributed by atoms with Crippen LogP contribution in [0.2, 0.25) is 0 Å². The molecule has 0 aliphatic carbocycles. The number of benzene rings is 4. The van der Waals surface area contributed by atoms with Crippen molar-refractivity contribution in [3.63, 3.8) is 0 Å². The van der Waals surface area contributed by atoms with Crippen molar-refractivity contribution >= 4 is 17.3 Å². The quantitative estimate of drug-likeness (QED) is 0.260. The summed E-state index contributed by atoms with van der Waals surface area (Å²) in [5.41, 5.74) is 3.63. The Kier molecular flexibility index (Phi) is 8.12. The molecule has 0 aromatic heterocycles. The third-order valence-electron chi connectivity index (χ3n) is 7.98. The average molecular weight is 546 g/mol. The highest BCUT2D eigenvalue weighted by Gasteiger charge is 2.46. The van der Waals surface area contributed by atoms with Gasteiger partial charge in [-0.1, -0.05) is 97.1 Å². The van der Waals surface area contributed by atoms with Crippen molar-refractivity contribution in [2.24, 2.45) is 0 Å². The van der Waals surface area contributed by atoms with Crippen LogP contribution in [0.3, 0.4) is 0 Å². The maximum absolute atomic E-state index is 13.8. The second-order valence-corrected chi connectivity index (χ2v) is 10.5. The first-order valence-corrected chi connectivity index (χ1v) is 14.2. The molecule has 0 spiro atoms. The minimum atomic E-state index is -0.519. The minimum absolute atomic E-state index is 0.0599. The van der Waals surface area contributed by atoms with Gasteiger partial charge in [-0.15, -0.1) is 0 Å². The Morgan fingerprint density at radius 1 is 0.707 bits per heavy atom. The number of carbonyl (C=O) groups excluding carboxylic acids is 1. The van der Waals surface area contributed by atoms with Gasteiger partial charge >= 0.3 is 0 Å². The highest BCUT2D eigenvalue weighted by Crippen LogP contribution is 2.42. The van der Waals surface area contributed by atoms with Crippen molar-refractivity contribution in [3.05, 3.63) is 144 Å². The minimum Gasteiger partial charge on any atom is -0.462 e.